The average Bonchev–Trinajstić information content (AvgIpc) is 2.86. The molecule has 1 nitrogen and oxygen atoms in total. The molecule has 1 aromatic carbocycles. The molecule has 1 aromatic heterocycles. The fraction of sp³-hybridized carbons (Fsp3) is 0.412. The van der Waals surface area contributed by atoms with E-state index in [0.717, 1.165) is 13.0 Å². The largest absolute Gasteiger partial charge is 0.309 e. The Morgan fingerprint density at radius 3 is 2.40 bits per heavy atom. The number of nitrogens with one attached hydrogen (secondary N) is 1. The van der Waals surface area contributed by atoms with Crippen molar-refractivity contribution in [2.24, 2.45) is 0 Å². The molecule has 0 fully saturated rings. The van der Waals surface area contributed by atoms with Crippen LogP contribution in [0.25, 0.3) is 0 Å². The van der Waals surface area contributed by atoms with Gasteiger partial charge in [0.05, 0.1) is 9.83 Å². The van der Waals surface area contributed by atoms with Crippen molar-refractivity contribution in [3.05, 3.63) is 56.7 Å². The molecule has 0 bridgehead atoms. The molecule has 0 aliphatic rings. The summed E-state index contributed by atoms with van der Waals surface area (Å²) in [7, 11) is 0. The van der Waals surface area contributed by atoms with E-state index in [4.69, 9.17) is 0 Å². The minimum absolute atomic E-state index is 0.0563. The molecule has 0 saturated heterocycles. The second-order valence-electron chi connectivity index (χ2n) is 5.62. The lowest BCUT2D eigenvalue weighted by Gasteiger charge is -2.35. The van der Waals surface area contributed by atoms with Crippen LogP contribution in [0.15, 0.2) is 46.3 Å². The summed E-state index contributed by atoms with van der Waals surface area (Å²) < 4.78 is 1.19. The van der Waals surface area contributed by atoms with E-state index in [1.807, 2.05) is 11.3 Å². The Hall–Kier alpha value is -0.640. The van der Waals surface area contributed by atoms with Crippen molar-refractivity contribution in [3.8, 4) is 0 Å². The molecule has 20 heavy (non-hydrogen) atoms. The first-order valence-electron chi connectivity index (χ1n) is 7.10. The van der Waals surface area contributed by atoms with Crippen molar-refractivity contribution < 1.29 is 0 Å². The third kappa shape index (κ3) is 3.51. The highest BCUT2D eigenvalue weighted by Gasteiger charge is 2.32. The Bertz CT molecular complexity index is 533. The first-order valence-corrected chi connectivity index (χ1v) is 8.70. The van der Waals surface area contributed by atoms with E-state index in [9.17, 15) is 0 Å². The summed E-state index contributed by atoms with van der Waals surface area (Å²) >= 11 is 5.40. The van der Waals surface area contributed by atoms with Gasteiger partial charge in [0.25, 0.3) is 0 Å². The first-order chi connectivity index (χ1) is 9.55. The van der Waals surface area contributed by atoms with Crippen molar-refractivity contribution in [1.82, 2.24) is 5.32 Å². The number of hydrogen-bond acceptors (Lipinski definition) is 2. The maximum Gasteiger partial charge on any atom is 0.0701 e. The summed E-state index contributed by atoms with van der Waals surface area (Å²) in [5.74, 6) is 0. The lowest BCUT2D eigenvalue weighted by Crippen LogP contribution is -2.37. The van der Waals surface area contributed by atoms with Gasteiger partial charge in [0.1, 0.15) is 0 Å². The van der Waals surface area contributed by atoms with E-state index in [-0.39, 0.29) is 5.41 Å². The Balaban J connectivity index is 2.35. The molecule has 1 heterocycles. The summed E-state index contributed by atoms with van der Waals surface area (Å²) in [4.78, 5) is 1.39. The van der Waals surface area contributed by atoms with Crippen molar-refractivity contribution in [2.75, 3.05) is 6.54 Å². The highest BCUT2D eigenvalue weighted by Crippen LogP contribution is 2.40. The zero-order chi connectivity index (χ0) is 14.6. The molecule has 1 unspecified atom stereocenters. The van der Waals surface area contributed by atoms with Crippen molar-refractivity contribution in [2.45, 2.75) is 38.6 Å². The number of halogens is 1. The minimum atomic E-state index is 0.0563. The second kappa shape index (κ2) is 6.88. The third-order valence-electron chi connectivity index (χ3n) is 3.72. The Kier molecular flexibility index (Phi) is 5.42. The molecule has 0 amide bonds. The third-order valence-corrected chi connectivity index (χ3v) is 5.40. The average molecular weight is 352 g/mol. The van der Waals surface area contributed by atoms with Gasteiger partial charge in [0, 0.05) is 10.3 Å². The van der Waals surface area contributed by atoms with E-state index in [1.54, 1.807) is 0 Å². The maximum atomic E-state index is 3.73. The molecule has 0 aliphatic carbocycles. The molecule has 0 aliphatic heterocycles. The summed E-state index contributed by atoms with van der Waals surface area (Å²) in [5.41, 5.74) is 1.43. The van der Waals surface area contributed by atoms with Gasteiger partial charge in [-0.05, 0) is 46.6 Å². The van der Waals surface area contributed by atoms with E-state index in [0.29, 0.717) is 6.04 Å². The fourth-order valence-corrected chi connectivity index (χ4v) is 4.20. The quantitative estimate of drug-likeness (QED) is 0.721. The molecule has 3 heteroatoms. The summed E-state index contributed by atoms with van der Waals surface area (Å²) in [6, 6.07) is 15.5. The Morgan fingerprint density at radius 2 is 1.85 bits per heavy atom. The van der Waals surface area contributed by atoms with Crippen LogP contribution in [0.4, 0.5) is 0 Å². The number of rotatable bonds is 6. The van der Waals surface area contributed by atoms with Crippen molar-refractivity contribution in [3.63, 3.8) is 0 Å². The lowest BCUT2D eigenvalue weighted by molar-refractivity contribution is 0.353. The zero-order valence-corrected chi connectivity index (χ0v) is 14.7. The van der Waals surface area contributed by atoms with Crippen LogP contribution >= 0.6 is 27.3 Å². The van der Waals surface area contributed by atoms with Gasteiger partial charge in [0.15, 0.2) is 0 Å². The van der Waals surface area contributed by atoms with E-state index in [2.05, 4.69) is 84.5 Å². The molecular formula is C17H22BrNS. The van der Waals surface area contributed by atoms with Crippen LogP contribution in [0.5, 0.6) is 0 Å². The van der Waals surface area contributed by atoms with Crippen molar-refractivity contribution in [1.29, 1.82) is 0 Å². The maximum absolute atomic E-state index is 3.73. The van der Waals surface area contributed by atoms with E-state index < -0.39 is 0 Å². The lowest BCUT2D eigenvalue weighted by atomic mass is 9.77. The van der Waals surface area contributed by atoms with Gasteiger partial charge in [-0.2, -0.15) is 0 Å². The summed E-state index contributed by atoms with van der Waals surface area (Å²) in [6.45, 7) is 7.90. The molecule has 2 aromatic rings. The van der Waals surface area contributed by atoms with Crippen LogP contribution in [-0.2, 0) is 5.41 Å². The predicted octanol–water partition coefficient (Wildman–Crippen LogP) is 5.53. The topological polar surface area (TPSA) is 12.0 Å². The fourth-order valence-electron chi connectivity index (χ4n) is 2.52. The molecule has 2 rings (SSSR count). The molecule has 0 radical (unpaired) electrons. The number of benzene rings is 1. The van der Waals surface area contributed by atoms with E-state index in [1.165, 1.54) is 14.2 Å². The van der Waals surface area contributed by atoms with Gasteiger partial charge in [-0.15, -0.1) is 11.3 Å². The molecule has 0 spiro atoms. The predicted molar refractivity (Wildman–Crippen MR) is 92.5 cm³/mol. The smallest absolute Gasteiger partial charge is 0.0701 e. The molecular weight excluding hydrogens is 330 g/mol. The standard InChI is InChI=1S/C17H22BrNS/c1-4-12-19-16(14-10-11-15(18)20-14)17(2,3)13-8-6-5-7-9-13/h5-11,16,19H,4,12H2,1-3H3. The van der Waals surface area contributed by atoms with E-state index >= 15 is 0 Å². The summed E-state index contributed by atoms with van der Waals surface area (Å²) in [6.07, 6.45) is 1.15. The normalized spacial score (nSPS) is 13.4. The van der Waals surface area contributed by atoms with Gasteiger partial charge in [0.2, 0.25) is 0 Å². The highest BCUT2D eigenvalue weighted by molar-refractivity contribution is 9.11. The number of thiophene rings is 1. The van der Waals surface area contributed by atoms with Crippen LogP contribution in [0.1, 0.15) is 43.7 Å². The second-order valence-corrected chi connectivity index (χ2v) is 8.11. The highest BCUT2D eigenvalue weighted by atomic mass is 79.9. The summed E-state index contributed by atoms with van der Waals surface area (Å²) in [5, 5.41) is 3.73. The zero-order valence-electron chi connectivity index (χ0n) is 12.3. The van der Waals surface area contributed by atoms with Crippen LogP contribution in [0.3, 0.4) is 0 Å². The van der Waals surface area contributed by atoms with Gasteiger partial charge in [-0.1, -0.05) is 51.1 Å². The molecule has 108 valence electrons. The van der Waals surface area contributed by atoms with Crippen LogP contribution in [0.2, 0.25) is 0 Å². The monoisotopic (exact) mass is 351 g/mol. The van der Waals surface area contributed by atoms with Gasteiger partial charge < -0.3 is 5.32 Å². The molecule has 1 N–H and O–H groups in total. The molecule has 1 atom stereocenters. The van der Waals surface area contributed by atoms with Crippen LogP contribution in [-0.4, -0.2) is 6.54 Å². The SMILES string of the molecule is CCCNC(c1ccc(Br)s1)C(C)(C)c1ccccc1. The van der Waals surface area contributed by atoms with Crippen LogP contribution in [0, 0.1) is 0 Å². The minimum Gasteiger partial charge on any atom is -0.309 e. The van der Waals surface area contributed by atoms with Gasteiger partial charge >= 0.3 is 0 Å². The number of hydrogen-bond donors (Lipinski definition) is 1. The van der Waals surface area contributed by atoms with Gasteiger partial charge in [-0.3, -0.25) is 0 Å². The van der Waals surface area contributed by atoms with Gasteiger partial charge in [-0.25, -0.2) is 0 Å². The molecule has 0 saturated carbocycles. The Labute approximate surface area is 134 Å². The van der Waals surface area contributed by atoms with Crippen molar-refractivity contribution >= 4 is 27.3 Å². The Morgan fingerprint density at radius 1 is 1.15 bits per heavy atom. The first kappa shape index (κ1) is 15.7. The van der Waals surface area contributed by atoms with Crippen LogP contribution < -0.4 is 5.32 Å².